The molecule has 0 radical (unpaired) electrons. The maximum Gasteiger partial charge on any atom is 0.255 e. The number of aryl methyl sites for hydroxylation is 1. The van der Waals surface area contributed by atoms with Crippen LogP contribution in [0.4, 0.5) is 5.69 Å². The van der Waals surface area contributed by atoms with Crippen LogP contribution in [0, 0.1) is 6.92 Å². The van der Waals surface area contributed by atoms with Gasteiger partial charge in [-0.25, -0.2) is 0 Å². The Balaban J connectivity index is 2.25. The van der Waals surface area contributed by atoms with Crippen molar-refractivity contribution in [1.82, 2.24) is 0 Å². The van der Waals surface area contributed by atoms with E-state index in [-0.39, 0.29) is 5.91 Å². The van der Waals surface area contributed by atoms with Crippen molar-refractivity contribution in [3.05, 3.63) is 57.0 Å². The summed E-state index contributed by atoms with van der Waals surface area (Å²) in [6.07, 6.45) is 0. The van der Waals surface area contributed by atoms with Gasteiger partial charge in [0, 0.05) is 21.8 Å². The highest BCUT2D eigenvalue weighted by atomic mass is 79.9. The van der Waals surface area contributed by atoms with E-state index in [9.17, 15) is 4.79 Å². The van der Waals surface area contributed by atoms with Crippen LogP contribution in [0.3, 0.4) is 0 Å². The van der Waals surface area contributed by atoms with E-state index in [0.717, 1.165) is 10.0 Å². The third-order valence-corrected chi connectivity index (χ3v) is 3.66. The van der Waals surface area contributed by atoms with Crippen LogP contribution in [0.1, 0.15) is 15.9 Å². The fourth-order valence-corrected chi connectivity index (χ4v) is 2.33. The lowest BCUT2D eigenvalue weighted by molar-refractivity contribution is 0.102. The highest BCUT2D eigenvalue weighted by Gasteiger charge is 2.11. The van der Waals surface area contributed by atoms with E-state index in [2.05, 4.69) is 21.2 Å². The molecule has 0 saturated heterocycles. The Kier molecular flexibility index (Phi) is 4.68. The monoisotopic (exact) mass is 353 g/mol. The fourth-order valence-electron chi connectivity index (χ4n) is 1.77. The van der Waals surface area contributed by atoms with Gasteiger partial charge in [-0.2, -0.15) is 0 Å². The first-order valence-corrected chi connectivity index (χ1v) is 7.09. The van der Waals surface area contributed by atoms with E-state index in [0.29, 0.717) is 22.0 Å². The summed E-state index contributed by atoms with van der Waals surface area (Å²) in [4.78, 5) is 12.3. The van der Waals surface area contributed by atoms with Crippen LogP contribution in [0.5, 0.6) is 5.75 Å². The molecule has 0 aliphatic rings. The molecule has 2 aromatic carbocycles. The van der Waals surface area contributed by atoms with Crippen molar-refractivity contribution in [2.24, 2.45) is 0 Å². The third-order valence-electron chi connectivity index (χ3n) is 2.85. The number of hydrogen-bond acceptors (Lipinski definition) is 2. The fraction of sp³-hybridized carbons (Fsp3) is 0.133. The van der Waals surface area contributed by atoms with Gasteiger partial charge in [0.2, 0.25) is 0 Å². The molecule has 0 unspecified atom stereocenters. The summed E-state index contributed by atoms with van der Waals surface area (Å²) in [5, 5.41) is 3.33. The molecule has 2 aromatic rings. The molecule has 0 heterocycles. The molecular weight excluding hydrogens is 342 g/mol. The minimum atomic E-state index is -0.173. The zero-order chi connectivity index (χ0) is 14.7. The highest BCUT2D eigenvalue weighted by molar-refractivity contribution is 9.10. The topological polar surface area (TPSA) is 38.3 Å². The Hall–Kier alpha value is -1.52. The number of amides is 1. The Morgan fingerprint density at radius 1 is 1.25 bits per heavy atom. The zero-order valence-corrected chi connectivity index (χ0v) is 13.4. The van der Waals surface area contributed by atoms with Crippen molar-refractivity contribution < 1.29 is 9.53 Å². The number of hydrogen-bond donors (Lipinski definition) is 1. The maximum atomic E-state index is 12.3. The Bertz CT molecular complexity index is 658. The minimum absolute atomic E-state index is 0.173. The van der Waals surface area contributed by atoms with Crippen molar-refractivity contribution in [3.63, 3.8) is 0 Å². The molecule has 20 heavy (non-hydrogen) atoms. The highest BCUT2D eigenvalue weighted by Crippen LogP contribution is 2.28. The van der Waals surface area contributed by atoms with Crippen LogP contribution in [0.25, 0.3) is 0 Å². The average Bonchev–Trinajstić information content (AvgIpc) is 2.43. The molecule has 0 aliphatic carbocycles. The van der Waals surface area contributed by atoms with E-state index in [1.165, 1.54) is 7.11 Å². The normalized spacial score (nSPS) is 10.2. The number of rotatable bonds is 3. The molecule has 1 amide bonds. The molecule has 5 heteroatoms. The van der Waals surface area contributed by atoms with Crippen molar-refractivity contribution in [2.75, 3.05) is 12.4 Å². The first kappa shape index (κ1) is 14.9. The minimum Gasteiger partial charge on any atom is -0.495 e. The summed E-state index contributed by atoms with van der Waals surface area (Å²) in [5.74, 6) is 0.351. The van der Waals surface area contributed by atoms with Crippen LogP contribution in [-0.2, 0) is 0 Å². The number of carbonyl (C=O) groups is 1. The van der Waals surface area contributed by atoms with Gasteiger partial charge in [0.05, 0.1) is 12.1 Å². The molecular formula is C15H13BrClNO2. The van der Waals surface area contributed by atoms with Gasteiger partial charge in [0.1, 0.15) is 5.75 Å². The van der Waals surface area contributed by atoms with E-state index >= 15 is 0 Å². The predicted molar refractivity (Wildman–Crippen MR) is 84.8 cm³/mol. The largest absolute Gasteiger partial charge is 0.495 e. The zero-order valence-electron chi connectivity index (χ0n) is 11.0. The first-order chi connectivity index (χ1) is 9.51. The molecule has 1 N–H and O–H groups in total. The lowest BCUT2D eigenvalue weighted by Crippen LogP contribution is -2.13. The number of anilines is 1. The van der Waals surface area contributed by atoms with Crippen LogP contribution in [-0.4, -0.2) is 13.0 Å². The van der Waals surface area contributed by atoms with Gasteiger partial charge in [-0.15, -0.1) is 0 Å². The van der Waals surface area contributed by atoms with Gasteiger partial charge in [0.25, 0.3) is 5.91 Å². The quantitative estimate of drug-likeness (QED) is 0.869. The Morgan fingerprint density at radius 2 is 2.00 bits per heavy atom. The van der Waals surface area contributed by atoms with Crippen LogP contribution < -0.4 is 10.1 Å². The molecule has 0 aliphatic heterocycles. The summed E-state index contributed by atoms with van der Waals surface area (Å²) in [7, 11) is 1.53. The van der Waals surface area contributed by atoms with Gasteiger partial charge >= 0.3 is 0 Å². The number of ether oxygens (including phenoxy) is 1. The second-order valence-corrected chi connectivity index (χ2v) is 5.59. The first-order valence-electron chi connectivity index (χ1n) is 5.92. The van der Waals surface area contributed by atoms with E-state index in [4.69, 9.17) is 16.3 Å². The van der Waals surface area contributed by atoms with E-state index in [1.54, 1.807) is 24.3 Å². The molecule has 2 rings (SSSR count). The number of methoxy groups -OCH3 is 1. The van der Waals surface area contributed by atoms with Gasteiger partial charge in [-0.05, 0) is 36.8 Å². The second-order valence-electron chi connectivity index (χ2n) is 4.26. The summed E-state index contributed by atoms with van der Waals surface area (Å²) in [6, 6.07) is 10.7. The summed E-state index contributed by atoms with van der Waals surface area (Å²) >= 11 is 9.32. The van der Waals surface area contributed by atoms with Gasteiger partial charge in [-0.3, -0.25) is 4.79 Å². The van der Waals surface area contributed by atoms with Gasteiger partial charge in [0.15, 0.2) is 0 Å². The maximum absolute atomic E-state index is 12.3. The molecule has 0 saturated carbocycles. The lowest BCUT2D eigenvalue weighted by atomic mass is 10.1. The van der Waals surface area contributed by atoms with Gasteiger partial charge < -0.3 is 10.1 Å². The summed E-state index contributed by atoms with van der Waals surface area (Å²) in [6.45, 7) is 1.89. The standard InChI is InChI=1S/C15H13BrClNO2/c1-9-3-4-10(16)7-12(9)15(19)18-11-5-6-13(17)14(8-11)20-2/h3-8H,1-2H3,(H,18,19). The van der Waals surface area contributed by atoms with Crippen molar-refractivity contribution in [1.29, 1.82) is 0 Å². The molecule has 0 fully saturated rings. The smallest absolute Gasteiger partial charge is 0.255 e. The molecule has 0 aromatic heterocycles. The predicted octanol–water partition coefficient (Wildman–Crippen LogP) is 4.67. The van der Waals surface area contributed by atoms with Gasteiger partial charge in [-0.1, -0.05) is 33.6 Å². The molecule has 0 atom stereocenters. The molecule has 0 bridgehead atoms. The van der Waals surface area contributed by atoms with Crippen molar-refractivity contribution in [2.45, 2.75) is 6.92 Å². The molecule has 104 valence electrons. The van der Waals surface area contributed by atoms with Crippen molar-refractivity contribution >= 4 is 39.1 Å². The SMILES string of the molecule is COc1cc(NC(=O)c2cc(Br)ccc2C)ccc1Cl. The second kappa shape index (κ2) is 6.29. The number of nitrogens with one attached hydrogen (secondary N) is 1. The van der Waals surface area contributed by atoms with Crippen LogP contribution in [0.15, 0.2) is 40.9 Å². The number of carbonyl (C=O) groups excluding carboxylic acids is 1. The number of benzene rings is 2. The summed E-state index contributed by atoms with van der Waals surface area (Å²) in [5.41, 5.74) is 2.16. The molecule has 0 spiro atoms. The Labute approximate surface area is 131 Å². The Morgan fingerprint density at radius 3 is 2.70 bits per heavy atom. The van der Waals surface area contributed by atoms with E-state index in [1.807, 2.05) is 19.1 Å². The van der Waals surface area contributed by atoms with Crippen LogP contribution >= 0.6 is 27.5 Å². The number of halogens is 2. The summed E-state index contributed by atoms with van der Waals surface area (Å²) < 4.78 is 5.99. The van der Waals surface area contributed by atoms with E-state index < -0.39 is 0 Å². The third kappa shape index (κ3) is 3.32. The molecule has 3 nitrogen and oxygen atoms in total. The van der Waals surface area contributed by atoms with Crippen LogP contribution in [0.2, 0.25) is 5.02 Å². The lowest BCUT2D eigenvalue weighted by Gasteiger charge is -2.10. The average molecular weight is 355 g/mol. The van der Waals surface area contributed by atoms with Crippen molar-refractivity contribution in [3.8, 4) is 5.75 Å².